The molecule has 0 spiro atoms. The lowest BCUT2D eigenvalue weighted by atomic mass is 9.89. The Kier molecular flexibility index (Phi) is 11.4. The minimum absolute atomic E-state index is 0.256. The molecule has 2 aromatic rings. The van der Waals surface area contributed by atoms with E-state index in [1.54, 1.807) is 0 Å². The van der Waals surface area contributed by atoms with Crippen molar-refractivity contribution in [1.29, 1.82) is 0 Å². The maximum absolute atomic E-state index is 12.7. The van der Waals surface area contributed by atoms with Gasteiger partial charge < -0.3 is 14.0 Å². The summed E-state index contributed by atoms with van der Waals surface area (Å²) in [5.74, 6) is 1.49. The van der Waals surface area contributed by atoms with Gasteiger partial charge in [-0.15, -0.1) is 0 Å². The Morgan fingerprint density at radius 1 is 1.20 bits per heavy atom. The maximum atomic E-state index is 12.7. The molecule has 2 heterocycles. The molecule has 0 fully saturated rings. The fraction of sp³-hybridized carbons (Fsp3) is 0.545. The van der Waals surface area contributed by atoms with Gasteiger partial charge in [-0.25, -0.2) is 4.79 Å². The number of alkyl halides is 1. The number of carbonyl (C=O) groups excluding carboxylic acids is 1. The topological polar surface area (TPSA) is 48.0 Å². The van der Waals surface area contributed by atoms with E-state index in [1.807, 2.05) is 0 Å². The molecule has 0 N–H and O–H groups in total. The van der Waals surface area contributed by atoms with Crippen molar-refractivity contribution in [3.05, 3.63) is 68.8 Å². The average molecular weight is 678 g/mol. The molecule has 218 valence electrons. The Hall–Kier alpha value is -1.63. The van der Waals surface area contributed by atoms with E-state index in [0.717, 1.165) is 65.6 Å². The first-order valence-corrected chi connectivity index (χ1v) is 17.8. The quantitative estimate of drug-likeness (QED) is 0.0660. The molecule has 0 saturated heterocycles. The van der Waals surface area contributed by atoms with E-state index in [1.165, 1.54) is 40.7 Å². The molecule has 2 aromatic carbocycles. The van der Waals surface area contributed by atoms with E-state index in [2.05, 4.69) is 93.4 Å². The highest BCUT2D eigenvalue weighted by Crippen LogP contribution is 2.48. The standard InChI is InChI=1S/C33H45INO4P/c1-7-10-27(8-2)40(39-26-13-12-24-18-35(6)19-25(24)17-26)21-22(4)11-14-29-28(9-3)23(5)30-20-38-33(36)31(30)32(29)37-16-15-34/h11-13,17,27H,7-10,14-16,18-21H2,1-6H3/b22-11+. The van der Waals surface area contributed by atoms with Gasteiger partial charge in [0.1, 0.15) is 23.7 Å². The fourth-order valence-electron chi connectivity index (χ4n) is 6.06. The summed E-state index contributed by atoms with van der Waals surface area (Å²) in [6, 6.07) is 6.68. The summed E-state index contributed by atoms with van der Waals surface area (Å²) in [5.41, 5.74) is 9.93. The zero-order valence-corrected chi connectivity index (χ0v) is 28.1. The summed E-state index contributed by atoms with van der Waals surface area (Å²) >= 11 is 2.32. The van der Waals surface area contributed by atoms with Crippen molar-refractivity contribution in [3.8, 4) is 11.5 Å². The number of cyclic esters (lactones) is 1. The van der Waals surface area contributed by atoms with E-state index < -0.39 is 8.15 Å². The number of benzene rings is 2. The molecule has 5 nitrogen and oxygen atoms in total. The first-order valence-electron chi connectivity index (χ1n) is 14.7. The molecule has 4 rings (SSSR count). The third kappa shape index (κ3) is 7.04. The second-order valence-electron chi connectivity index (χ2n) is 11.1. The zero-order chi connectivity index (χ0) is 28.8. The smallest absolute Gasteiger partial charge is 0.342 e. The number of carbonyl (C=O) groups is 1. The van der Waals surface area contributed by atoms with Crippen LogP contribution in [-0.2, 0) is 37.3 Å². The van der Waals surface area contributed by atoms with Gasteiger partial charge in [0.2, 0.25) is 0 Å². The highest BCUT2D eigenvalue weighted by Gasteiger charge is 2.32. The van der Waals surface area contributed by atoms with Gasteiger partial charge in [-0.2, -0.15) is 0 Å². The van der Waals surface area contributed by atoms with E-state index in [-0.39, 0.29) is 5.97 Å². The van der Waals surface area contributed by atoms with Crippen molar-refractivity contribution in [2.75, 3.05) is 24.2 Å². The highest BCUT2D eigenvalue weighted by molar-refractivity contribution is 14.1. The molecular formula is C33H45INO4P. The average Bonchev–Trinajstić information content (AvgIpc) is 3.51. The van der Waals surface area contributed by atoms with E-state index in [9.17, 15) is 4.79 Å². The lowest BCUT2D eigenvalue weighted by Crippen LogP contribution is -2.12. The largest absolute Gasteiger partial charge is 0.492 e. The van der Waals surface area contributed by atoms with E-state index in [0.29, 0.717) is 24.4 Å². The molecule has 7 heteroatoms. The normalized spacial score (nSPS) is 16.5. The van der Waals surface area contributed by atoms with Gasteiger partial charge in [-0.05, 0) is 81.0 Å². The molecule has 0 bridgehead atoms. The van der Waals surface area contributed by atoms with Crippen LogP contribution in [0.2, 0.25) is 0 Å². The van der Waals surface area contributed by atoms with Gasteiger partial charge in [0.15, 0.2) is 0 Å². The lowest BCUT2D eigenvalue weighted by molar-refractivity contribution is 0.0532. The minimum Gasteiger partial charge on any atom is -0.492 e. The Morgan fingerprint density at radius 3 is 2.67 bits per heavy atom. The third-order valence-corrected chi connectivity index (χ3v) is 11.3. The number of hydrogen-bond acceptors (Lipinski definition) is 5. The lowest BCUT2D eigenvalue weighted by Gasteiger charge is -2.27. The van der Waals surface area contributed by atoms with E-state index >= 15 is 0 Å². The Bertz CT molecular complexity index is 1240. The third-order valence-electron chi connectivity index (χ3n) is 8.14. The van der Waals surface area contributed by atoms with Crippen molar-refractivity contribution in [2.45, 2.75) is 92.1 Å². The molecular weight excluding hydrogens is 632 g/mol. The van der Waals surface area contributed by atoms with Crippen molar-refractivity contribution < 1.29 is 18.8 Å². The number of nitrogens with zero attached hydrogens (tertiary/aromatic N) is 1. The summed E-state index contributed by atoms with van der Waals surface area (Å²) in [5, 5.41) is 0. The molecule has 0 radical (unpaired) electrons. The minimum atomic E-state index is -0.678. The molecule has 2 unspecified atom stereocenters. The number of esters is 1. The van der Waals surface area contributed by atoms with Gasteiger partial charge in [0, 0.05) is 40.5 Å². The first-order chi connectivity index (χ1) is 19.3. The van der Waals surface area contributed by atoms with Gasteiger partial charge in [0.25, 0.3) is 0 Å². The number of rotatable bonds is 14. The number of hydrogen-bond donors (Lipinski definition) is 0. The van der Waals surface area contributed by atoms with Crippen LogP contribution >= 0.6 is 30.7 Å². The Morgan fingerprint density at radius 2 is 1.98 bits per heavy atom. The van der Waals surface area contributed by atoms with Gasteiger partial charge >= 0.3 is 5.97 Å². The number of ether oxygens (including phenoxy) is 2. The monoisotopic (exact) mass is 677 g/mol. The Labute approximate surface area is 256 Å². The van der Waals surface area contributed by atoms with Crippen LogP contribution in [0, 0.1) is 6.92 Å². The van der Waals surface area contributed by atoms with Crippen LogP contribution < -0.4 is 9.26 Å². The van der Waals surface area contributed by atoms with Crippen LogP contribution in [0.5, 0.6) is 11.5 Å². The summed E-state index contributed by atoms with van der Waals surface area (Å²) < 4.78 is 19.4. The second-order valence-corrected chi connectivity index (χ2v) is 14.2. The Balaban J connectivity index is 1.61. The second kappa shape index (κ2) is 14.5. The maximum Gasteiger partial charge on any atom is 0.342 e. The molecule has 0 aromatic heterocycles. The summed E-state index contributed by atoms with van der Waals surface area (Å²) in [4.78, 5) is 15.1. The zero-order valence-electron chi connectivity index (χ0n) is 25.1. The van der Waals surface area contributed by atoms with Crippen LogP contribution in [0.3, 0.4) is 0 Å². The van der Waals surface area contributed by atoms with Crippen LogP contribution in [0.4, 0.5) is 0 Å². The molecule has 40 heavy (non-hydrogen) atoms. The fourth-order valence-corrected chi connectivity index (χ4v) is 8.71. The van der Waals surface area contributed by atoms with Crippen molar-refractivity contribution >= 4 is 36.7 Å². The number of fused-ring (bicyclic) bond motifs is 2. The van der Waals surface area contributed by atoms with E-state index in [4.69, 9.17) is 14.0 Å². The van der Waals surface area contributed by atoms with Crippen LogP contribution in [0.25, 0.3) is 0 Å². The number of allylic oxidation sites excluding steroid dienone is 2. The highest BCUT2D eigenvalue weighted by atomic mass is 127. The molecule has 0 aliphatic carbocycles. The van der Waals surface area contributed by atoms with Crippen LogP contribution in [0.15, 0.2) is 29.8 Å². The van der Waals surface area contributed by atoms with Crippen molar-refractivity contribution in [2.24, 2.45) is 0 Å². The molecule has 2 aliphatic heterocycles. The summed E-state index contributed by atoms with van der Waals surface area (Å²) in [7, 11) is 1.49. The number of halogens is 1. The van der Waals surface area contributed by atoms with Gasteiger partial charge in [-0.1, -0.05) is 67.5 Å². The van der Waals surface area contributed by atoms with Crippen molar-refractivity contribution in [3.63, 3.8) is 0 Å². The molecule has 2 aliphatic rings. The summed E-state index contributed by atoms with van der Waals surface area (Å²) in [6.07, 6.45) is 8.40. The van der Waals surface area contributed by atoms with Gasteiger partial charge in [0.05, 0.1) is 14.8 Å². The predicted molar refractivity (Wildman–Crippen MR) is 175 cm³/mol. The van der Waals surface area contributed by atoms with Gasteiger partial charge in [-0.3, -0.25) is 4.90 Å². The van der Waals surface area contributed by atoms with Crippen molar-refractivity contribution in [1.82, 2.24) is 4.90 Å². The molecule has 0 amide bonds. The summed E-state index contributed by atoms with van der Waals surface area (Å²) in [6.45, 7) is 14.0. The van der Waals surface area contributed by atoms with Crippen LogP contribution in [-0.4, -0.2) is 40.8 Å². The first kappa shape index (κ1) is 31.3. The predicted octanol–water partition coefficient (Wildman–Crippen LogP) is 8.53. The molecule has 0 saturated carbocycles. The van der Waals surface area contributed by atoms with Crippen LogP contribution in [0.1, 0.15) is 90.7 Å². The SMILES string of the molecule is CCCC(CC)P(C/C(C)=C/Cc1c(CC)c(C)c2c(c1OCCI)C(=O)OC2)Oc1ccc2c(c1)CN(C)C2. The molecule has 2 atom stereocenters.